The van der Waals surface area contributed by atoms with Gasteiger partial charge in [0, 0.05) is 30.3 Å². The van der Waals surface area contributed by atoms with Crippen molar-refractivity contribution in [3.63, 3.8) is 0 Å². The third-order valence-electron chi connectivity index (χ3n) is 6.42. The first-order valence-electron chi connectivity index (χ1n) is 11.4. The molecule has 0 radical (unpaired) electrons. The summed E-state index contributed by atoms with van der Waals surface area (Å²) in [4.78, 5) is 23.2. The molecule has 1 amide bonds. The number of para-hydroxylation sites is 2. The Hall–Kier alpha value is -3.72. The van der Waals surface area contributed by atoms with Crippen molar-refractivity contribution in [3.8, 4) is 0 Å². The van der Waals surface area contributed by atoms with Crippen LogP contribution in [0.4, 0.5) is 10.1 Å². The van der Waals surface area contributed by atoms with Gasteiger partial charge in [-0.25, -0.2) is 17.8 Å². The number of imidazole rings is 1. The summed E-state index contributed by atoms with van der Waals surface area (Å²) in [6, 6.07) is 17.5. The number of anilines is 1. The summed E-state index contributed by atoms with van der Waals surface area (Å²) in [5, 5.41) is 0. The molecule has 35 heavy (non-hydrogen) atoms. The number of nitrogens with one attached hydrogen (secondary N) is 2. The van der Waals surface area contributed by atoms with Crippen LogP contribution >= 0.6 is 0 Å². The van der Waals surface area contributed by atoms with Crippen molar-refractivity contribution in [2.24, 2.45) is 0 Å². The summed E-state index contributed by atoms with van der Waals surface area (Å²) in [7, 11) is -3.94. The number of aromatic nitrogens is 2. The number of hydrogen-bond donors (Lipinski definition) is 2. The third-order valence-corrected chi connectivity index (χ3v) is 7.80. The quantitative estimate of drug-likeness (QED) is 0.417. The minimum Gasteiger partial charge on any atom is -0.342 e. The molecule has 4 aromatic rings. The van der Waals surface area contributed by atoms with E-state index in [2.05, 4.69) is 9.71 Å². The van der Waals surface area contributed by atoms with Crippen molar-refractivity contribution in [3.05, 3.63) is 89.5 Å². The molecule has 0 unspecified atom stereocenters. The number of sulfonamides is 1. The van der Waals surface area contributed by atoms with E-state index in [4.69, 9.17) is 4.98 Å². The van der Waals surface area contributed by atoms with Crippen LogP contribution in [0.3, 0.4) is 0 Å². The average Bonchev–Trinajstić information content (AvgIpc) is 3.30. The molecule has 2 N–H and O–H groups in total. The molecule has 3 aromatic carbocycles. The molecular formula is C26H25FN4O3S. The summed E-state index contributed by atoms with van der Waals surface area (Å²) >= 11 is 0. The minimum atomic E-state index is -3.94. The van der Waals surface area contributed by atoms with Gasteiger partial charge in [-0.3, -0.25) is 9.52 Å². The standard InChI is InChI=1S/C26H25FN4O3S/c1-17-6-11-21(35(33,34)30-20-9-7-19(27)8-10-20)16-22(17)26(32)31-14-12-18(13-15-31)25-28-23-4-2-3-5-24(23)29-25/h2-11,16,18,30H,12-15H2,1H3,(H,28,29). The van der Waals surface area contributed by atoms with Crippen LogP contribution in [-0.2, 0) is 10.0 Å². The first-order valence-corrected chi connectivity index (χ1v) is 12.9. The van der Waals surface area contributed by atoms with Crippen molar-refractivity contribution < 1.29 is 17.6 Å². The van der Waals surface area contributed by atoms with E-state index in [1.165, 1.54) is 36.4 Å². The summed E-state index contributed by atoms with van der Waals surface area (Å²) in [5.74, 6) is 0.526. The van der Waals surface area contributed by atoms with E-state index in [9.17, 15) is 17.6 Å². The Balaban J connectivity index is 1.30. The van der Waals surface area contributed by atoms with Gasteiger partial charge in [0.25, 0.3) is 15.9 Å². The van der Waals surface area contributed by atoms with Crippen molar-refractivity contribution in [1.29, 1.82) is 0 Å². The van der Waals surface area contributed by atoms with Gasteiger partial charge >= 0.3 is 0 Å². The molecule has 0 saturated carbocycles. The lowest BCUT2D eigenvalue weighted by Gasteiger charge is -2.31. The number of likely N-dealkylation sites (tertiary alicyclic amines) is 1. The van der Waals surface area contributed by atoms with Crippen LogP contribution in [0.25, 0.3) is 11.0 Å². The zero-order valence-electron chi connectivity index (χ0n) is 19.2. The molecule has 0 aliphatic carbocycles. The lowest BCUT2D eigenvalue weighted by atomic mass is 9.95. The number of amides is 1. The number of fused-ring (bicyclic) bond motifs is 1. The SMILES string of the molecule is Cc1ccc(S(=O)(=O)Nc2ccc(F)cc2)cc1C(=O)N1CCC(c2nc3ccccc3[nH]2)CC1. The zero-order valence-corrected chi connectivity index (χ0v) is 20.0. The van der Waals surface area contributed by atoms with Crippen LogP contribution in [0, 0.1) is 12.7 Å². The molecule has 1 saturated heterocycles. The minimum absolute atomic E-state index is 0.0204. The molecule has 0 atom stereocenters. The number of H-pyrrole nitrogens is 1. The zero-order chi connectivity index (χ0) is 24.6. The van der Waals surface area contributed by atoms with Crippen LogP contribution in [0.1, 0.15) is 40.5 Å². The Morgan fingerprint density at radius 1 is 1.06 bits per heavy atom. The maximum atomic E-state index is 13.3. The highest BCUT2D eigenvalue weighted by Crippen LogP contribution is 2.29. The monoisotopic (exact) mass is 492 g/mol. The molecule has 0 spiro atoms. The first-order chi connectivity index (χ1) is 16.8. The van der Waals surface area contributed by atoms with E-state index in [0.29, 0.717) is 24.2 Å². The fraction of sp³-hybridized carbons (Fsp3) is 0.231. The Kier molecular flexibility index (Phi) is 6.02. The van der Waals surface area contributed by atoms with Crippen molar-refractivity contribution in [2.45, 2.75) is 30.6 Å². The molecule has 1 aliphatic heterocycles. The van der Waals surface area contributed by atoms with Crippen LogP contribution in [-0.4, -0.2) is 42.3 Å². The van der Waals surface area contributed by atoms with Gasteiger partial charge in [-0.05, 0) is 73.9 Å². The molecule has 180 valence electrons. The number of carbonyl (C=O) groups is 1. The molecule has 0 bridgehead atoms. The van der Waals surface area contributed by atoms with Gasteiger partial charge in [-0.2, -0.15) is 0 Å². The fourth-order valence-corrected chi connectivity index (χ4v) is 5.51. The molecule has 1 aromatic heterocycles. The van der Waals surface area contributed by atoms with Crippen molar-refractivity contribution >= 4 is 32.7 Å². The second-order valence-corrected chi connectivity index (χ2v) is 10.5. The number of nitrogens with zero attached hydrogens (tertiary/aromatic N) is 2. The number of hydrogen-bond acceptors (Lipinski definition) is 4. The van der Waals surface area contributed by atoms with Crippen LogP contribution in [0.15, 0.2) is 71.6 Å². The molecule has 5 rings (SSSR count). The Labute approximate surface area is 203 Å². The molecule has 1 fully saturated rings. The molecule has 2 heterocycles. The average molecular weight is 493 g/mol. The predicted molar refractivity (Wildman–Crippen MR) is 132 cm³/mol. The lowest BCUT2D eigenvalue weighted by molar-refractivity contribution is 0.0710. The summed E-state index contributed by atoms with van der Waals surface area (Å²) < 4.78 is 41.3. The molecule has 9 heteroatoms. The van der Waals surface area contributed by atoms with E-state index in [1.807, 2.05) is 24.3 Å². The van der Waals surface area contributed by atoms with E-state index in [-0.39, 0.29) is 22.4 Å². The number of benzene rings is 3. The number of aryl methyl sites for hydroxylation is 1. The van der Waals surface area contributed by atoms with Gasteiger partial charge in [0.2, 0.25) is 0 Å². The maximum absolute atomic E-state index is 13.3. The molecule has 7 nitrogen and oxygen atoms in total. The van der Waals surface area contributed by atoms with Gasteiger partial charge in [-0.15, -0.1) is 0 Å². The normalized spacial score (nSPS) is 14.9. The predicted octanol–water partition coefficient (Wildman–Crippen LogP) is 4.83. The third kappa shape index (κ3) is 4.77. The fourth-order valence-electron chi connectivity index (χ4n) is 4.42. The van der Waals surface area contributed by atoms with Gasteiger partial charge in [0.05, 0.1) is 15.9 Å². The summed E-state index contributed by atoms with van der Waals surface area (Å²) in [5.41, 5.74) is 3.24. The van der Waals surface area contributed by atoms with Gasteiger partial charge in [-0.1, -0.05) is 18.2 Å². The van der Waals surface area contributed by atoms with E-state index < -0.39 is 15.8 Å². The number of rotatable bonds is 5. The van der Waals surface area contributed by atoms with Crippen molar-refractivity contribution in [1.82, 2.24) is 14.9 Å². The van der Waals surface area contributed by atoms with Crippen LogP contribution in [0.5, 0.6) is 0 Å². The smallest absolute Gasteiger partial charge is 0.261 e. The Morgan fingerprint density at radius 3 is 2.49 bits per heavy atom. The second kappa shape index (κ2) is 9.14. The van der Waals surface area contributed by atoms with Gasteiger partial charge in [0.15, 0.2) is 0 Å². The summed E-state index contributed by atoms with van der Waals surface area (Å²) in [6.07, 6.45) is 1.55. The first kappa shape index (κ1) is 23.0. The van der Waals surface area contributed by atoms with Gasteiger partial charge < -0.3 is 9.88 Å². The highest BCUT2D eigenvalue weighted by atomic mass is 32.2. The van der Waals surface area contributed by atoms with E-state index >= 15 is 0 Å². The number of carbonyl (C=O) groups excluding carboxylic acids is 1. The van der Waals surface area contributed by atoms with E-state index in [1.54, 1.807) is 17.9 Å². The lowest BCUT2D eigenvalue weighted by Crippen LogP contribution is -2.38. The number of piperidine rings is 1. The highest BCUT2D eigenvalue weighted by Gasteiger charge is 2.28. The summed E-state index contributed by atoms with van der Waals surface area (Å²) in [6.45, 7) is 2.91. The largest absolute Gasteiger partial charge is 0.342 e. The Bertz CT molecular complexity index is 1460. The highest BCUT2D eigenvalue weighted by molar-refractivity contribution is 7.92. The topological polar surface area (TPSA) is 95.2 Å². The molecular weight excluding hydrogens is 467 g/mol. The van der Waals surface area contributed by atoms with Crippen LogP contribution in [0.2, 0.25) is 0 Å². The second-order valence-electron chi connectivity index (χ2n) is 8.79. The molecule has 1 aliphatic rings. The van der Waals surface area contributed by atoms with Crippen LogP contribution < -0.4 is 4.72 Å². The Morgan fingerprint density at radius 2 is 1.77 bits per heavy atom. The number of aromatic amines is 1. The van der Waals surface area contributed by atoms with Crippen molar-refractivity contribution in [2.75, 3.05) is 17.8 Å². The number of halogens is 1. The van der Waals surface area contributed by atoms with Gasteiger partial charge in [0.1, 0.15) is 11.6 Å². The maximum Gasteiger partial charge on any atom is 0.261 e. The van der Waals surface area contributed by atoms with E-state index in [0.717, 1.165) is 29.7 Å².